The van der Waals surface area contributed by atoms with E-state index in [1.807, 2.05) is 30.5 Å². The molecule has 0 aliphatic carbocycles. The largest absolute Gasteiger partial charge is 0.380 e. The normalized spacial score (nSPS) is 12.7. The molecule has 29 heavy (non-hydrogen) atoms. The lowest BCUT2D eigenvalue weighted by molar-refractivity contribution is 0.459. The van der Waals surface area contributed by atoms with Crippen molar-refractivity contribution >= 4 is 43.4 Å². The lowest BCUT2D eigenvalue weighted by Crippen LogP contribution is -2.25. The summed E-state index contributed by atoms with van der Waals surface area (Å²) in [4.78, 5) is 3.28. The minimum atomic E-state index is -3.38. The highest BCUT2D eigenvalue weighted by atomic mass is 32.2. The van der Waals surface area contributed by atoms with Gasteiger partial charge in [-0.2, -0.15) is 0 Å². The number of nitrogens with zero attached hydrogens (tertiary/aromatic N) is 1. The summed E-state index contributed by atoms with van der Waals surface area (Å²) in [6, 6.07) is 11.6. The summed E-state index contributed by atoms with van der Waals surface area (Å²) < 4.78 is 31.4. The average Bonchev–Trinajstić information content (AvgIpc) is 3.28. The minimum absolute atomic E-state index is 0.278. The minimum Gasteiger partial charge on any atom is -0.380 e. The quantitative estimate of drug-likeness (QED) is 0.435. The predicted octanol–water partition coefficient (Wildman–Crippen LogP) is 4.37. The molecular weight excluding hydrogens is 388 g/mol. The Hall–Kier alpha value is -3.00. The van der Waals surface area contributed by atoms with E-state index in [0.717, 1.165) is 46.5 Å². The molecule has 4 aromatic rings. The van der Waals surface area contributed by atoms with Crippen LogP contribution in [0.1, 0.15) is 37.8 Å². The summed E-state index contributed by atoms with van der Waals surface area (Å²) in [6.07, 6.45) is 4.84. The number of hydrogen-bond donors (Lipinski definition) is 3. The van der Waals surface area contributed by atoms with E-state index in [9.17, 15) is 8.42 Å². The van der Waals surface area contributed by atoms with Crippen LogP contribution in [0, 0.1) is 0 Å². The van der Waals surface area contributed by atoms with Gasteiger partial charge in [0, 0.05) is 17.0 Å². The fourth-order valence-corrected chi connectivity index (χ4v) is 4.85. The van der Waals surface area contributed by atoms with Crippen molar-refractivity contribution in [3.05, 3.63) is 53.7 Å². The number of hydrogen-bond acceptors (Lipinski definition) is 5. The van der Waals surface area contributed by atoms with Gasteiger partial charge in [-0.1, -0.05) is 37.2 Å². The SMILES string of the molecule is CCC(CC)(c1ccc2onc(N)c2c1)c1c[nH]c2c(NS(C)(=O)=O)cccc12. The molecule has 2 aromatic heterocycles. The topological polar surface area (TPSA) is 114 Å². The van der Waals surface area contributed by atoms with Gasteiger partial charge in [-0.15, -0.1) is 0 Å². The Labute approximate surface area is 169 Å². The molecule has 0 fully saturated rings. The molecule has 0 unspecified atom stereocenters. The fourth-order valence-electron chi connectivity index (χ4n) is 4.28. The molecule has 0 saturated carbocycles. The number of aromatic amines is 1. The van der Waals surface area contributed by atoms with Crippen LogP contribution in [0.4, 0.5) is 11.5 Å². The number of sulfonamides is 1. The van der Waals surface area contributed by atoms with E-state index in [1.165, 1.54) is 0 Å². The van der Waals surface area contributed by atoms with Crippen LogP contribution >= 0.6 is 0 Å². The van der Waals surface area contributed by atoms with E-state index in [2.05, 4.69) is 34.8 Å². The molecule has 0 aliphatic rings. The molecular formula is C21H24N4O3S. The summed E-state index contributed by atoms with van der Waals surface area (Å²) in [5.41, 5.74) is 9.90. The van der Waals surface area contributed by atoms with Gasteiger partial charge in [-0.3, -0.25) is 4.72 Å². The lowest BCUT2D eigenvalue weighted by atomic mass is 9.70. The summed E-state index contributed by atoms with van der Waals surface area (Å²) in [6.45, 7) is 4.31. The zero-order valence-corrected chi connectivity index (χ0v) is 17.4. The average molecular weight is 413 g/mol. The molecule has 0 radical (unpaired) electrons. The van der Waals surface area contributed by atoms with Gasteiger partial charge in [0.15, 0.2) is 11.4 Å². The van der Waals surface area contributed by atoms with Crippen molar-refractivity contribution in [1.82, 2.24) is 10.1 Å². The van der Waals surface area contributed by atoms with Crippen molar-refractivity contribution in [1.29, 1.82) is 0 Å². The first-order chi connectivity index (χ1) is 13.8. The number of para-hydroxylation sites is 1. The second-order valence-electron chi connectivity index (χ2n) is 7.37. The Morgan fingerprint density at radius 3 is 2.62 bits per heavy atom. The van der Waals surface area contributed by atoms with Gasteiger partial charge in [0.2, 0.25) is 10.0 Å². The first-order valence-corrected chi connectivity index (χ1v) is 11.4. The number of fused-ring (bicyclic) bond motifs is 2. The molecule has 7 nitrogen and oxygen atoms in total. The van der Waals surface area contributed by atoms with Crippen LogP contribution in [0.3, 0.4) is 0 Å². The first-order valence-electron chi connectivity index (χ1n) is 9.53. The zero-order valence-electron chi connectivity index (χ0n) is 16.6. The van der Waals surface area contributed by atoms with Crippen molar-refractivity contribution in [2.24, 2.45) is 0 Å². The van der Waals surface area contributed by atoms with Crippen LogP contribution in [0.5, 0.6) is 0 Å². The maximum atomic E-state index is 11.8. The number of rotatable bonds is 6. The van der Waals surface area contributed by atoms with Crippen LogP contribution in [0.2, 0.25) is 0 Å². The Balaban J connectivity index is 1.94. The third-order valence-corrected chi connectivity index (χ3v) is 6.37. The van der Waals surface area contributed by atoms with Gasteiger partial charge < -0.3 is 15.2 Å². The summed E-state index contributed by atoms with van der Waals surface area (Å²) in [5, 5.41) is 5.65. The monoisotopic (exact) mass is 412 g/mol. The van der Waals surface area contributed by atoms with Crippen LogP contribution < -0.4 is 10.5 Å². The van der Waals surface area contributed by atoms with Crippen molar-refractivity contribution in [3.63, 3.8) is 0 Å². The van der Waals surface area contributed by atoms with Crippen LogP contribution in [-0.4, -0.2) is 24.8 Å². The highest BCUT2D eigenvalue weighted by Gasteiger charge is 2.34. The Morgan fingerprint density at radius 2 is 1.93 bits per heavy atom. The molecule has 0 aliphatic heterocycles. The number of H-pyrrole nitrogens is 1. The van der Waals surface area contributed by atoms with Gasteiger partial charge in [-0.05, 0) is 42.2 Å². The van der Waals surface area contributed by atoms with Crippen molar-refractivity contribution in [2.45, 2.75) is 32.1 Å². The number of nitrogen functional groups attached to an aromatic ring is 1. The highest BCUT2D eigenvalue weighted by molar-refractivity contribution is 7.92. The van der Waals surface area contributed by atoms with E-state index in [0.29, 0.717) is 17.1 Å². The molecule has 0 atom stereocenters. The molecule has 0 saturated heterocycles. The van der Waals surface area contributed by atoms with E-state index >= 15 is 0 Å². The summed E-state index contributed by atoms with van der Waals surface area (Å²) >= 11 is 0. The summed E-state index contributed by atoms with van der Waals surface area (Å²) in [7, 11) is -3.38. The molecule has 152 valence electrons. The Morgan fingerprint density at radius 1 is 1.17 bits per heavy atom. The molecule has 4 N–H and O–H groups in total. The lowest BCUT2D eigenvalue weighted by Gasteiger charge is -2.32. The number of aromatic nitrogens is 2. The maximum Gasteiger partial charge on any atom is 0.229 e. The number of benzene rings is 2. The first kappa shape index (κ1) is 19.3. The fraction of sp³-hybridized carbons (Fsp3) is 0.286. The Kier molecular flexibility index (Phi) is 4.53. The van der Waals surface area contributed by atoms with Gasteiger partial charge in [0.05, 0.1) is 22.8 Å². The van der Waals surface area contributed by atoms with Gasteiger partial charge in [-0.25, -0.2) is 8.42 Å². The molecule has 0 spiro atoms. The summed E-state index contributed by atoms with van der Waals surface area (Å²) in [5.74, 6) is 0.376. The van der Waals surface area contributed by atoms with E-state index in [-0.39, 0.29) is 5.41 Å². The molecule has 2 heterocycles. The van der Waals surface area contributed by atoms with Gasteiger partial charge in [0.1, 0.15) is 0 Å². The second-order valence-corrected chi connectivity index (χ2v) is 9.12. The number of nitrogens with two attached hydrogens (primary N) is 1. The zero-order chi connectivity index (χ0) is 20.8. The predicted molar refractivity (Wildman–Crippen MR) is 117 cm³/mol. The Bertz CT molecular complexity index is 1300. The van der Waals surface area contributed by atoms with E-state index in [4.69, 9.17) is 10.3 Å². The third-order valence-electron chi connectivity index (χ3n) is 5.78. The molecule has 0 bridgehead atoms. The van der Waals surface area contributed by atoms with Gasteiger partial charge in [0.25, 0.3) is 0 Å². The smallest absolute Gasteiger partial charge is 0.229 e. The van der Waals surface area contributed by atoms with Crippen LogP contribution in [0.25, 0.3) is 21.9 Å². The van der Waals surface area contributed by atoms with Crippen molar-refractivity contribution in [3.8, 4) is 0 Å². The number of anilines is 2. The van der Waals surface area contributed by atoms with E-state index < -0.39 is 10.0 Å². The molecule has 0 amide bonds. The third kappa shape index (κ3) is 3.13. The number of nitrogens with one attached hydrogen (secondary N) is 2. The maximum absolute atomic E-state index is 11.8. The van der Waals surface area contributed by atoms with E-state index in [1.54, 1.807) is 6.07 Å². The molecule has 8 heteroatoms. The molecule has 4 rings (SSSR count). The standard InChI is InChI=1S/C21H24N4O3S/c1-4-21(5-2,13-9-10-18-15(11-13)20(22)24-28-18)16-12-23-19-14(16)7-6-8-17(19)25-29(3,26)27/h6-12,23,25H,4-5H2,1-3H3,(H2,22,24). The highest BCUT2D eigenvalue weighted by Crippen LogP contribution is 2.44. The van der Waals surface area contributed by atoms with Crippen molar-refractivity contribution in [2.75, 3.05) is 16.7 Å². The van der Waals surface area contributed by atoms with Crippen LogP contribution in [-0.2, 0) is 15.4 Å². The van der Waals surface area contributed by atoms with Crippen LogP contribution in [0.15, 0.2) is 47.1 Å². The van der Waals surface area contributed by atoms with Gasteiger partial charge >= 0.3 is 0 Å². The van der Waals surface area contributed by atoms with Crippen molar-refractivity contribution < 1.29 is 12.9 Å². The molecule has 2 aromatic carbocycles. The second kappa shape index (κ2) is 6.81.